The van der Waals surface area contributed by atoms with Crippen LogP contribution < -0.4 is 10.1 Å². The molecular weight excluding hydrogens is 352 g/mol. The summed E-state index contributed by atoms with van der Waals surface area (Å²) in [4.78, 5) is 12.6. The fourth-order valence-corrected chi connectivity index (χ4v) is 2.97. The fraction of sp³-hybridized carbons (Fsp3) is 0.250. The van der Waals surface area contributed by atoms with Gasteiger partial charge in [0.1, 0.15) is 12.4 Å². The zero-order valence-electron chi connectivity index (χ0n) is 14.6. The number of carbonyl (C=O) groups excluding carboxylic acids is 1. The molecule has 0 unspecified atom stereocenters. The second-order valence-electron chi connectivity index (χ2n) is 5.81. The molecule has 0 saturated carbocycles. The second kappa shape index (κ2) is 8.74. The highest BCUT2D eigenvalue weighted by Gasteiger charge is 2.14. The van der Waals surface area contributed by atoms with Crippen LogP contribution in [0.2, 0.25) is 5.02 Å². The van der Waals surface area contributed by atoms with E-state index in [-0.39, 0.29) is 5.91 Å². The van der Waals surface area contributed by atoms with Gasteiger partial charge in [0.15, 0.2) is 0 Å². The Hall–Kier alpha value is -2.50. The van der Waals surface area contributed by atoms with E-state index >= 15 is 0 Å². The number of para-hydroxylation sites is 1. The molecule has 0 bridgehead atoms. The summed E-state index contributed by atoms with van der Waals surface area (Å²) in [6.07, 6.45) is 1.87. The third kappa shape index (κ3) is 4.36. The third-order valence-corrected chi connectivity index (χ3v) is 4.26. The zero-order chi connectivity index (χ0) is 18.4. The van der Waals surface area contributed by atoms with Gasteiger partial charge in [-0.05, 0) is 24.3 Å². The van der Waals surface area contributed by atoms with Crippen LogP contribution in [-0.4, -0.2) is 37.3 Å². The summed E-state index contributed by atoms with van der Waals surface area (Å²) in [6.45, 7) is 2.06. The number of halogens is 1. The van der Waals surface area contributed by atoms with E-state index in [0.29, 0.717) is 42.6 Å². The van der Waals surface area contributed by atoms with E-state index in [1.807, 2.05) is 47.2 Å². The molecular formula is C20H21ClN2O3. The highest BCUT2D eigenvalue weighted by atomic mass is 35.5. The van der Waals surface area contributed by atoms with Crippen molar-refractivity contribution in [1.29, 1.82) is 0 Å². The van der Waals surface area contributed by atoms with E-state index in [1.54, 1.807) is 19.2 Å². The summed E-state index contributed by atoms with van der Waals surface area (Å²) >= 11 is 5.92. The number of carbonyl (C=O) groups is 1. The molecule has 0 saturated heterocycles. The van der Waals surface area contributed by atoms with Crippen LogP contribution in [-0.2, 0) is 11.3 Å². The summed E-state index contributed by atoms with van der Waals surface area (Å²) in [5.74, 6) is 0.565. The number of rotatable bonds is 8. The lowest BCUT2D eigenvalue weighted by Gasteiger charge is -2.07. The smallest absolute Gasteiger partial charge is 0.253 e. The molecule has 3 aromatic rings. The summed E-state index contributed by atoms with van der Waals surface area (Å²) in [5.41, 5.74) is 1.67. The fourth-order valence-electron chi connectivity index (χ4n) is 2.79. The number of benzene rings is 2. The molecule has 6 heteroatoms. The Morgan fingerprint density at radius 2 is 2.00 bits per heavy atom. The van der Waals surface area contributed by atoms with Gasteiger partial charge < -0.3 is 19.4 Å². The number of nitrogens with one attached hydrogen (secondary N) is 1. The number of hydrogen-bond acceptors (Lipinski definition) is 3. The maximum Gasteiger partial charge on any atom is 0.253 e. The van der Waals surface area contributed by atoms with Crippen LogP contribution in [0.25, 0.3) is 10.9 Å². The normalized spacial score (nSPS) is 10.8. The number of aromatic nitrogens is 1. The molecule has 1 aromatic heterocycles. The van der Waals surface area contributed by atoms with Gasteiger partial charge in [-0.3, -0.25) is 4.79 Å². The van der Waals surface area contributed by atoms with Gasteiger partial charge in [0.25, 0.3) is 5.91 Å². The molecule has 26 heavy (non-hydrogen) atoms. The molecule has 0 aliphatic heterocycles. The van der Waals surface area contributed by atoms with E-state index in [4.69, 9.17) is 21.1 Å². The molecule has 3 rings (SSSR count). The Kier molecular flexibility index (Phi) is 6.15. The van der Waals surface area contributed by atoms with Gasteiger partial charge in [-0.25, -0.2) is 0 Å². The summed E-state index contributed by atoms with van der Waals surface area (Å²) in [5, 5.41) is 4.45. The number of fused-ring (bicyclic) bond motifs is 1. The molecule has 1 heterocycles. The van der Waals surface area contributed by atoms with E-state index in [0.717, 1.165) is 10.9 Å². The van der Waals surface area contributed by atoms with Crippen molar-refractivity contribution in [2.75, 3.05) is 26.9 Å². The van der Waals surface area contributed by atoms with E-state index in [1.165, 1.54) is 0 Å². The van der Waals surface area contributed by atoms with Crippen LogP contribution in [0.15, 0.2) is 54.7 Å². The number of methoxy groups -OCH3 is 1. The topological polar surface area (TPSA) is 52.5 Å². The monoisotopic (exact) mass is 372 g/mol. The van der Waals surface area contributed by atoms with Gasteiger partial charge in [0.2, 0.25) is 0 Å². The molecule has 136 valence electrons. The number of amides is 1. The molecule has 0 aliphatic rings. The van der Waals surface area contributed by atoms with Crippen molar-refractivity contribution in [3.63, 3.8) is 0 Å². The van der Waals surface area contributed by atoms with E-state index in [2.05, 4.69) is 5.32 Å². The Labute approximate surface area is 157 Å². The molecule has 5 nitrogen and oxygen atoms in total. The summed E-state index contributed by atoms with van der Waals surface area (Å²) in [7, 11) is 1.67. The first-order chi connectivity index (χ1) is 12.7. The predicted molar refractivity (Wildman–Crippen MR) is 103 cm³/mol. The van der Waals surface area contributed by atoms with Crippen molar-refractivity contribution < 1.29 is 14.3 Å². The van der Waals surface area contributed by atoms with Crippen molar-refractivity contribution in [3.05, 3.63) is 65.3 Å². The van der Waals surface area contributed by atoms with Gasteiger partial charge in [0.05, 0.1) is 18.7 Å². The van der Waals surface area contributed by atoms with Crippen LogP contribution in [0.4, 0.5) is 0 Å². The van der Waals surface area contributed by atoms with Crippen molar-refractivity contribution in [2.24, 2.45) is 0 Å². The highest BCUT2D eigenvalue weighted by Crippen LogP contribution is 2.21. The summed E-state index contributed by atoms with van der Waals surface area (Å²) < 4.78 is 12.8. The minimum Gasteiger partial charge on any atom is -0.492 e. The van der Waals surface area contributed by atoms with Gasteiger partial charge in [-0.1, -0.05) is 35.9 Å². The zero-order valence-corrected chi connectivity index (χ0v) is 15.3. The molecule has 0 fully saturated rings. The number of hydrogen-bond donors (Lipinski definition) is 1. The van der Waals surface area contributed by atoms with Crippen molar-refractivity contribution in [3.8, 4) is 5.75 Å². The molecule has 1 amide bonds. The first-order valence-electron chi connectivity index (χ1n) is 8.42. The van der Waals surface area contributed by atoms with Gasteiger partial charge in [-0.15, -0.1) is 0 Å². The quantitative estimate of drug-likeness (QED) is 0.613. The standard InChI is InChI=1S/C20H21ClN2O3/c1-25-12-10-23-14-18(17-7-2-3-8-19(17)23)20(24)22-9-11-26-16-6-4-5-15(21)13-16/h2-8,13-14H,9-12H2,1H3,(H,22,24). The molecule has 2 aromatic carbocycles. The van der Waals surface area contributed by atoms with Crippen LogP contribution in [0.3, 0.4) is 0 Å². The van der Waals surface area contributed by atoms with E-state index in [9.17, 15) is 4.79 Å². The van der Waals surface area contributed by atoms with Crippen molar-refractivity contribution in [1.82, 2.24) is 9.88 Å². The lowest BCUT2D eigenvalue weighted by Crippen LogP contribution is -2.28. The number of ether oxygens (including phenoxy) is 2. The minimum atomic E-state index is -0.118. The second-order valence-corrected chi connectivity index (χ2v) is 6.24. The average Bonchev–Trinajstić information content (AvgIpc) is 3.02. The van der Waals surface area contributed by atoms with Crippen LogP contribution in [0.5, 0.6) is 5.75 Å². The van der Waals surface area contributed by atoms with Gasteiger partial charge >= 0.3 is 0 Å². The lowest BCUT2D eigenvalue weighted by atomic mass is 10.1. The molecule has 0 atom stereocenters. The molecule has 0 radical (unpaired) electrons. The lowest BCUT2D eigenvalue weighted by molar-refractivity contribution is 0.0948. The van der Waals surface area contributed by atoms with Crippen molar-refractivity contribution in [2.45, 2.75) is 6.54 Å². The van der Waals surface area contributed by atoms with Gasteiger partial charge in [0, 0.05) is 35.8 Å². The first-order valence-corrected chi connectivity index (χ1v) is 8.80. The SMILES string of the molecule is COCCn1cc(C(=O)NCCOc2cccc(Cl)c2)c2ccccc21. The number of nitrogens with zero attached hydrogens (tertiary/aromatic N) is 1. The molecule has 0 spiro atoms. The Balaban J connectivity index is 1.62. The van der Waals surface area contributed by atoms with Crippen LogP contribution in [0, 0.1) is 0 Å². The van der Waals surface area contributed by atoms with Crippen molar-refractivity contribution >= 4 is 28.4 Å². The Morgan fingerprint density at radius 1 is 1.15 bits per heavy atom. The highest BCUT2D eigenvalue weighted by molar-refractivity contribution is 6.30. The average molecular weight is 373 g/mol. The maximum atomic E-state index is 12.6. The van der Waals surface area contributed by atoms with Crippen LogP contribution >= 0.6 is 11.6 Å². The molecule has 1 N–H and O–H groups in total. The third-order valence-electron chi connectivity index (χ3n) is 4.02. The largest absolute Gasteiger partial charge is 0.492 e. The van der Waals surface area contributed by atoms with E-state index < -0.39 is 0 Å². The molecule has 0 aliphatic carbocycles. The summed E-state index contributed by atoms with van der Waals surface area (Å²) in [6, 6.07) is 15.0. The van der Waals surface area contributed by atoms with Crippen LogP contribution in [0.1, 0.15) is 10.4 Å². The predicted octanol–water partition coefficient (Wildman–Crippen LogP) is 3.75. The van der Waals surface area contributed by atoms with Gasteiger partial charge in [-0.2, -0.15) is 0 Å². The first kappa shape index (κ1) is 18.3. The Bertz CT molecular complexity index is 892. The Morgan fingerprint density at radius 3 is 2.81 bits per heavy atom. The minimum absolute atomic E-state index is 0.118. The maximum absolute atomic E-state index is 12.6.